The van der Waals surface area contributed by atoms with Crippen molar-refractivity contribution >= 4 is 39.6 Å². The number of carboxylic acids is 1. The average molecular weight is 594 g/mol. The largest absolute Gasteiger partial charge is 1.00 e. The number of carbonyl (C=O) groups excluding carboxylic acids is 3. The molecule has 4 amide bonds. The van der Waals surface area contributed by atoms with E-state index in [0.717, 1.165) is 0 Å². The third-order valence-corrected chi connectivity index (χ3v) is 6.56. The number of aliphatic carboxylic acids is 1. The fourth-order valence-electron chi connectivity index (χ4n) is 4.48. The molecule has 2 unspecified atom stereocenters. The molecule has 2 atom stereocenters. The zero-order chi connectivity index (χ0) is 28.8. The van der Waals surface area contributed by atoms with Gasteiger partial charge in [-0.05, 0) is 11.1 Å². The van der Waals surface area contributed by atoms with E-state index in [2.05, 4.69) is 24.0 Å². The normalized spacial score (nSPS) is 21.7. The Hall–Kier alpha value is -3.80. The second-order valence-electron chi connectivity index (χ2n) is 8.60. The number of hydrogen-bond acceptors (Lipinski definition) is 12. The molecule has 0 aliphatic carbocycles. The number of alkyl halides is 2. The molecule has 4 aliphatic heterocycles. The summed E-state index contributed by atoms with van der Waals surface area (Å²) in [6, 6.07) is -2.98. The molecule has 2 aromatic rings. The summed E-state index contributed by atoms with van der Waals surface area (Å²) in [7, 11) is -4.76. The molecule has 4 bridgehead atoms. The maximum atomic E-state index is 13.2. The van der Waals surface area contributed by atoms with Crippen molar-refractivity contribution in [2.24, 2.45) is 0 Å². The van der Waals surface area contributed by atoms with Crippen LogP contribution in [0.25, 0.3) is 11.1 Å². The van der Waals surface area contributed by atoms with Gasteiger partial charge in [-0.3, -0.25) is 4.55 Å². The van der Waals surface area contributed by atoms with Crippen LogP contribution in [0.3, 0.4) is 0 Å². The number of rotatable bonds is 7. The summed E-state index contributed by atoms with van der Waals surface area (Å²) in [5.41, 5.74) is 2.28. The minimum absolute atomic E-state index is 0. The number of hydrogen-bond donors (Lipinski definition) is 1. The van der Waals surface area contributed by atoms with Gasteiger partial charge in [-0.15, -0.1) is 4.28 Å². The molecule has 4 aliphatic rings. The van der Waals surface area contributed by atoms with Crippen LogP contribution in [0.15, 0.2) is 46.1 Å². The van der Waals surface area contributed by atoms with Crippen molar-refractivity contribution in [2.75, 3.05) is 26.2 Å². The van der Waals surface area contributed by atoms with Crippen LogP contribution in [0.4, 0.5) is 18.4 Å². The van der Waals surface area contributed by atoms with Gasteiger partial charge in [0.05, 0.1) is 25.5 Å². The molecule has 6 rings (SSSR count). The van der Waals surface area contributed by atoms with Crippen LogP contribution in [0, 0.1) is 0 Å². The molecule has 41 heavy (non-hydrogen) atoms. The summed E-state index contributed by atoms with van der Waals surface area (Å²) in [6.07, 6.45) is 4.28. The van der Waals surface area contributed by atoms with E-state index in [1.54, 1.807) is 12.2 Å². The SMILES string of the molecule is O=C1N2CC=C(c3cnoc3)C(C2)N1OC(F)(F)C(=O)[O-].O=C1N2CC=C(c3cnoc3)C(C2)N1OS(=O)(=O)O.[Li+]. The minimum atomic E-state index is -4.76. The van der Waals surface area contributed by atoms with E-state index < -0.39 is 46.6 Å². The summed E-state index contributed by atoms with van der Waals surface area (Å²) in [4.78, 5) is 40.8. The minimum Gasteiger partial charge on any atom is -0.542 e. The molecule has 0 aromatic carbocycles. The second kappa shape index (κ2) is 11.2. The van der Waals surface area contributed by atoms with Gasteiger partial charge in [-0.1, -0.05) is 22.5 Å². The Morgan fingerprint density at radius 3 is 1.85 bits per heavy atom. The topological polar surface area (TPSA) is 212 Å². The van der Waals surface area contributed by atoms with E-state index >= 15 is 0 Å². The first-order valence-corrected chi connectivity index (χ1v) is 12.5. The Labute approximate surface area is 240 Å². The number of fused-ring (bicyclic) bond motifs is 4. The molecule has 0 saturated carbocycles. The summed E-state index contributed by atoms with van der Waals surface area (Å²) >= 11 is 0. The van der Waals surface area contributed by atoms with E-state index in [4.69, 9.17) is 9.08 Å². The van der Waals surface area contributed by atoms with Crippen molar-refractivity contribution in [3.63, 3.8) is 0 Å². The number of carbonyl (C=O) groups is 3. The van der Waals surface area contributed by atoms with Crippen molar-refractivity contribution < 1.29 is 78.3 Å². The van der Waals surface area contributed by atoms with Crippen molar-refractivity contribution in [3.05, 3.63) is 48.2 Å². The molecule has 0 radical (unpaired) electrons. The number of amides is 4. The maximum Gasteiger partial charge on any atom is 1.00 e. The van der Waals surface area contributed by atoms with Crippen LogP contribution in [0.2, 0.25) is 0 Å². The molecule has 214 valence electrons. The van der Waals surface area contributed by atoms with Crippen LogP contribution in [0.1, 0.15) is 11.1 Å². The first kappa shape index (κ1) is 30.2. The zero-order valence-corrected chi connectivity index (χ0v) is 21.6. The predicted octanol–water partition coefficient (Wildman–Crippen LogP) is -3.63. The van der Waals surface area contributed by atoms with E-state index in [1.807, 2.05) is 0 Å². The van der Waals surface area contributed by atoms with Gasteiger partial charge in [0.2, 0.25) is 0 Å². The smallest absolute Gasteiger partial charge is 0.542 e. The van der Waals surface area contributed by atoms with Crippen molar-refractivity contribution in [3.8, 4) is 0 Å². The molecule has 1 N–H and O–H groups in total. The number of halogens is 2. The van der Waals surface area contributed by atoms with Gasteiger partial charge in [0, 0.05) is 24.2 Å². The molecule has 2 aromatic heterocycles. The summed E-state index contributed by atoms with van der Waals surface area (Å²) in [5.74, 6) is -2.72. The van der Waals surface area contributed by atoms with Gasteiger partial charge in [0.1, 0.15) is 30.6 Å². The monoisotopic (exact) mass is 594 g/mol. The van der Waals surface area contributed by atoms with E-state index in [1.165, 1.54) is 34.7 Å². The average Bonchev–Trinajstić information content (AvgIpc) is 3.69. The number of carboxylic acid groups (broad SMARTS) is 1. The molecule has 21 heteroatoms. The number of hydroxylamine groups is 4. The third kappa shape index (κ3) is 5.97. The van der Waals surface area contributed by atoms with Crippen LogP contribution in [0.5, 0.6) is 0 Å². The van der Waals surface area contributed by atoms with E-state index in [9.17, 15) is 36.7 Å². The van der Waals surface area contributed by atoms with Gasteiger partial charge in [0.15, 0.2) is 0 Å². The van der Waals surface area contributed by atoms with Crippen LogP contribution >= 0.6 is 0 Å². The van der Waals surface area contributed by atoms with E-state index in [0.29, 0.717) is 38.9 Å². The van der Waals surface area contributed by atoms with Crippen LogP contribution in [-0.4, -0.2) is 106 Å². The molecule has 6 heterocycles. The third-order valence-electron chi connectivity index (χ3n) is 6.21. The maximum absolute atomic E-state index is 13.2. The van der Waals surface area contributed by atoms with Crippen molar-refractivity contribution in [2.45, 2.75) is 18.2 Å². The fraction of sp³-hybridized carbons (Fsp3) is 0.350. The standard InChI is InChI=1S/C11H9F2N3O5.C9H9N3O6S.Li/c12-11(13,9(17)18)21-16-8-4-15(10(16)19)2-1-7(8)6-3-14-20-5-6;13-9-11-2-1-7(6-3-10-17-5-6)8(4-11)12(9)18-19(14,15)16;/h1,3,5,8H,2,4H2,(H,17,18);1,3,5,8H,2,4H2,(H,14,15,16);/q;;+1/p-1. The molecule has 2 fully saturated rings. The Morgan fingerprint density at radius 1 is 0.976 bits per heavy atom. The Bertz CT molecular complexity index is 1480. The molecular formula is C20H17F2LiN6O11S. The first-order chi connectivity index (χ1) is 18.9. The Morgan fingerprint density at radius 2 is 1.44 bits per heavy atom. The Kier molecular flexibility index (Phi) is 8.26. The summed E-state index contributed by atoms with van der Waals surface area (Å²) in [6.45, 7) is 0.873. The van der Waals surface area contributed by atoms with Crippen LogP contribution < -0.4 is 24.0 Å². The Balaban J connectivity index is 0.000000185. The quantitative estimate of drug-likeness (QED) is 0.242. The zero-order valence-electron chi connectivity index (χ0n) is 20.8. The molecule has 2 saturated heterocycles. The summed E-state index contributed by atoms with van der Waals surface area (Å²) < 4.78 is 70.3. The van der Waals surface area contributed by atoms with Crippen LogP contribution in [-0.2, 0) is 24.3 Å². The van der Waals surface area contributed by atoms with Crippen molar-refractivity contribution in [1.82, 2.24) is 30.2 Å². The summed E-state index contributed by atoms with van der Waals surface area (Å²) in [5, 5.41) is 18.4. The van der Waals surface area contributed by atoms with Gasteiger partial charge in [-0.2, -0.15) is 32.2 Å². The van der Waals surface area contributed by atoms with E-state index in [-0.39, 0.29) is 38.5 Å². The van der Waals surface area contributed by atoms with Gasteiger partial charge in [0.25, 0.3) is 0 Å². The van der Waals surface area contributed by atoms with Gasteiger partial charge >= 0.3 is 47.4 Å². The number of nitrogens with zero attached hydrogens (tertiary/aromatic N) is 6. The molecule has 0 spiro atoms. The predicted molar refractivity (Wildman–Crippen MR) is 118 cm³/mol. The molecular weight excluding hydrogens is 577 g/mol. The van der Waals surface area contributed by atoms with Gasteiger partial charge < -0.3 is 28.7 Å². The van der Waals surface area contributed by atoms with Gasteiger partial charge in [-0.25, -0.2) is 9.59 Å². The van der Waals surface area contributed by atoms with Crippen molar-refractivity contribution in [1.29, 1.82) is 0 Å². The fourth-order valence-corrected chi connectivity index (χ4v) is 4.85. The molecule has 17 nitrogen and oxygen atoms in total. The second-order valence-corrected chi connectivity index (χ2v) is 9.61. The first-order valence-electron chi connectivity index (χ1n) is 11.2. The number of urea groups is 2. The number of aromatic nitrogens is 2.